The standard InChI is InChI=1S/C20H17NO2/c1-23-20(22)16-11-9-15(10-12-16)5-4-7-18-14-21-13-17-6-2-3-8-19(17)18/h2-6,8-14H,7H2,1H3/b5-4+. The third-order valence-corrected chi connectivity index (χ3v) is 3.73. The van der Waals surface area contributed by atoms with E-state index in [0.717, 1.165) is 17.4 Å². The second-order valence-corrected chi connectivity index (χ2v) is 5.24. The number of esters is 1. The summed E-state index contributed by atoms with van der Waals surface area (Å²) >= 11 is 0. The van der Waals surface area contributed by atoms with Crippen LogP contribution in [-0.4, -0.2) is 18.1 Å². The molecule has 3 aromatic rings. The fraction of sp³-hybridized carbons (Fsp3) is 0.100. The topological polar surface area (TPSA) is 39.2 Å². The maximum Gasteiger partial charge on any atom is 0.337 e. The zero-order valence-electron chi connectivity index (χ0n) is 12.9. The van der Waals surface area contributed by atoms with Crippen LogP contribution >= 0.6 is 0 Å². The summed E-state index contributed by atoms with van der Waals surface area (Å²) in [6.07, 6.45) is 8.76. The summed E-state index contributed by atoms with van der Waals surface area (Å²) in [5, 5.41) is 2.38. The average Bonchev–Trinajstić information content (AvgIpc) is 2.62. The molecule has 1 aromatic heterocycles. The van der Waals surface area contributed by atoms with E-state index in [9.17, 15) is 4.79 Å². The van der Waals surface area contributed by atoms with E-state index in [1.807, 2.05) is 42.7 Å². The van der Waals surface area contributed by atoms with Gasteiger partial charge in [-0.25, -0.2) is 4.79 Å². The Morgan fingerprint density at radius 3 is 2.65 bits per heavy atom. The van der Waals surface area contributed by atoms with Crippen LogP contribution in [0.3, 0.4) is 0 Å². The van der Waals surface area contributed by atoms with E-state index >= 15 is 0 Å². The van der Waals surface area contributed by atoms with Gasteiger partial charge in [-0.2, -0.15) is 0 Å². The van der Waals surface area contributed by atoms with Gasteiger partial charge in [-0.15, -0.1) is 0 Å². The number of rotatable bonds is 4. The lowest BCUT2D eigenvalue weighted by atomic mass is 10.0. The van der Waals surface area contributed by atoms with Gasteiger partial charge in [-0.3, -0.25) is 4.98 Å². The maximum absolute atomic E-state index is 11.4. The molecule has 0 aliphatic heterocycles. The van der Waals surface area contributed by atoms with Crippen LogP contribution in [0.2, 0.25) is 0 Å². The Balaban J connectivity index is 1.74. The summed E-state index contributed by atoms with van der Waals surface area (Å²) in [5.41, 5.74) is 2.80. The van der Waals surface area contributed by atoms with Crippen molar-refractivity contribution in [3.05, 3.63) is 83.7 Å². The highest BCUT2D eigenvalue weighted by Gasteiger charge is 2.03. The lowest BCUT2D eigenvalue weighted by Crippen LogP contribution is -2.00. The van der Waals surface area contributed by atoms with Crippen molar-refractivity contribution in [1.82, 2.24) is 4.98 Å². The van der Waals surface area contributed by atoms with Crippen LogP contribution in [0.15, 0.2) is 67.0 Å². The third kappa shape index (κ3) is 3.46. The normalized spacial score (nSPS) is 11.0. The first-order valence-corrected chi connectivity index (χ1v) is 7.44. The molecule has 0 N–H and O–H groups in total. The monoisotopic (exact) mass is 303 g/mol. The van der Waals surface area contributed by atoms with Gasteiger partial charge in [0.1, 0.15) is 0 Å². The predicted octanol–water partition coefficient (Wildman–Crippen LogP) is 4.28. The zero-order chi connectivity index (χ0) is 16.1. The Hall–Kier alpha value is -2.94. The van der Waals surface area contributed by atoms with Crippen molar-refractivity contribution in [1.29, 1.82) is 0 Å². The van der Waals surface area contributed by atoms with Gasteiger partial charge in [-0.05, 0) is 35.1 Å². The number of hydrogen-bond acceptors (Lipinski definition) is 3. The fourth-order valence-corrected chi connectivity index (χ4v) is 2.51. The summed E-state index contributed by atoms with van der Waals surface area (Å²) in [4.78, 5) is 15.7. The van der Waals surface area contributed by atoms with Crippen molar-refractivity contribution in [2.45, 2.75) is 6.42 Å². The van der Waals surface area contributed by atoms with Crippen molar-refractivity contribution in [3.8, 4) is 0 Å². The summed E-state index contributed by atoms with van der Waals surface area (Å²) in [7, 11) is 1.38. The summed E-state index contributed by atoms with van der Waals surface area (Å²) in [6, 6.07) is 15.6. The molecule has 23 heavy (non-hydrogen) atoms. The van der Waals surface area contributed by atoms with E-state index in [1.54, 1.807) is 12.1 Å². The first-order chi connectivity index (χ1) is 11.3. The predicted molar refractivity (Wildman–Crippen MR) is 92.3 cm³/mol. The van der Waals surface area contributed by atoms with Crippen molar-refractivity contribution < 1.29 is 9.53 Å². The number of pyridine rings is 1. The molecule has 3 rings (SSSR count). The van der Waals surface area contributed by atoms with Crippen LogP contribution in [0.4, 0.5) is 0 Å². The second kappa shape index (κ2) is 6.88. The number of fused-ring (bicyclic) bond motifs is 1. The van der Waals surface area contributed by atoms with Gasteiger partial charge >= 0.3 is 5.97 Å². The van der Waals surface area contributed by atoms with E-state index in [0.29, 0.717) is 5.56 Å². The van der Waals surface area contributed by atoms with Crippen molar-refractivity contribution >= 4 is 22.8 Å². The first kappa shape index (κ1) is 15.0. The van der Waals surface area contributed by atoms with Crippen molar-refractivity contribution in [2.75, 3.05) is 7.11 Å². The highest BCUT2D eigenvalue weighted by Crippen LogP contribution is 2.18. The molecule has 114 valence electrons. The SMILES string of the molecule is COC(=O)c1ccc(/C=C/Cc2cncc3ccccc23)cc1. The largest absolute Gasteiger partial charge is 0.465 e. The number of allylic oxidation sites excluding steroid dienone is 1. The molecule has 3 heteroatoms. The van der Waals surface area contributed by atoms with E-state index in [4.69, 9.17) is 4.74 Å². The summed E-state index contributed by atoms with van der Waals surface area (Å²) in [6.45, 7) is 0. The number of aromatic nitrogens is 1. The number of methoxy groups -OCH3 is 1. The molecular formula is C20H17NO2. The smallest absolute Gasteiger partial charge is 0.337 e. The lowest BCUT2D eigenvalue weighted by Gasteiger charge is -2.03. The second-order valence-electron chi connectivity index (χ2n) is 5.24. The molecule has 0 spiro atoms. The lowest BCUT2D eigenvalue weighted by molar-refractivity contribution is 0.0600. The molecule has 0 aliphatic rings. The number of ether oxygens (including phenoxy) is 1. The number of benzene rings is 2. The molecule has 0 bridgehead atoms. The molecule has 0 unspecified atom stereocenters. The van der Waals surface area contributed by atoms with Gasteiger partial charge in [-0.1, -0.05) is 48.6 Å². The van der Waals surface area contributed by atoms with Gasteiger partial charge in [0.15, 0.2) is 0 Å². The van der Waals surface area contributed by atoms with E-state index in [-0.39, 0.29) is 5.97 Å². The molecular weight excluding hydrogens is 286 g/mol. The maximum atomic E-state index is 11.4. The zero-order valence-corrected chi connectivity index (χ0v) is 12.9. The summed E-state index contributed by atoms with van der Waals surface area (Å²) < 4.78 is 4.69. The minimum absolute atomic E-state index is 0.317. The quantitative estimate of drug-likeness (QED) is 0.675. The minimum atomic E-state index is -0.317. The van der Waals surface area contributed by atoms with Crippen molar-refractivity contribution in [2.24, 2.45) is 0 Å². The van der Waals surface area contributed by atoms with E-state index < -0.39 is 0 Å². The van der Waals surface area contributed by atoms with Gasteiger partial charge < -0.3 is 4.74 Å². The van der Waals surface area contributed by atoms with Crippen LogP contribution in [0.5, 0.6) is 0 Å². The van der Waals surface area contributed by atoms with Crippen molar-refractivity contribution in [3.63, 3.8) is 0 Å². The Kier molecular flexibility index (Phi) is 4.48. The fourth-order valence-electron chi connectivity index (χ4n) is 2.51. The van der Waals surface area contributed by atoms with Crippen LogP contribution in [-0.2, 0) is 11.2 Å². The van der Waals surface area contributed by atoms with Crippen LogP contribution in [0.25, 0.3) is 16.8 Å². The van der Waals surface area contributed by atoms with Crippen LogP contribution in [0.1, 0.15) is 21.5 Å². The number of carbonyl (C=O) groups excluding carboxylic acids is 1. The first-order valence-electron chi connectivity index (χ1n) is 7.44. The highest BCUT2D eigenvalue weighted by molar-refractivity contribution is 5.89. The molecule has 0 saturated heterocycles. The summed E-state index contributed by atoms with van der Waals surface area (Å²) in [5.74, 6) is -0.317. The van der Waals surface area contributed by atoms with Crippen LogP contribution < -0.4 is 0 Å². The number of carbonyl (C=O) groups is 1. The average molecular weight is 303 g/mol. The molecule has 2 aromatic carbocycles. The Morgan fingerprint density at radius 1 is 1.09 bits per heavy atom. The van der Waals surface area contributed by atoms with E-state index in [2.05, 4.69) is 23.2 Å². The van der Waals surface area contributed by atoms with E-state index in [1.165, 1.54) is 18.1 Å². The minimum Gasteiger partial charge on any atom is -0.465 e. The van der Waals surface area contributed by atoms with Gasteiger partial charge in [0.25, 0.3) is 0 Å². The molecule has 0 radical (unpaired) electrons. The number of nitrogens with zero attached hydrogens (tertiary/aromatic N) is 1. The molecule has 1 heterocycles. The Morgan fingerprint density at radius 2 is 1.87 bits per heavy atom. The third-order valence-electron chi connectivity index (χ3n) is 3.73. The molecule has 3 nitrogen and oxygen atoms in total. The number of hydrogen-bond donors (Lipinski definition) is 0. The molecule has 0 atom stereocenters. The Labute approximate surface area is 135 Å². The van der Waals surface area contributed by atoms with Gasteiger partial charge in [0.05, 0.1) is 12.7 Å². The molecule has 0 amide bonds. The highest BCUT2D eigenvalue weighted by atomic mass is 16.5. The Bertz CT molecular complexity index is 846. The molecule has 0 fully saturated rings. The van der Waals surface area contributed by atoms with Gasteiger partial charge in [0.2, 0.25) is 0 Å². The van der Waals surface area contributed by atoms with Crippen LogP contribution in [0, 0.1) is 0 Å². The molecule has 0 saturated carbocycles. The van der Waals surface area contributed by atoms with Gasteiger partial charge in [0, 0.05) is 17.8 Å². The molecule has 0 aliphatic carbocycles.